The van der Waals surface area contributed by atoms with E-state index in [1.54, 1.807) is 29.2 Å². The zero-order chi connectivity index (χ0) is 19.4. The molecule has 0 spiro atoms. The molecule has 1 fully saturated rings. The molecule has 1 heterocycles. The van der Waals surface area contributed by atoms with Gasteiger partial charge in [0.15, 0.2) is 11.6 Å². The second-order valence-electron chi connectivity index (χ2n) is 6.07. The smallest absolute Gasteiger partial charge is 0.337 e. The van der Waals surface area contributed by atoms with E-state index in [1.165, 1.54) is 13.2 Å². The molecule has 2 amide bonds. The number of urea groups is 1. The van der Waals surface area contributed by atoms with Gasteiger partial charge >= 0.3 is 12.0 Å². The van der Waals surface area contributed by atoms with Crippen LogP contribution in [0.4, 0.5) is 25.0 Å². The molecule has 0 aromatic heterocycles. The number of ether oxygens (including phenoxy) is 1. The van der Waals surface area contributed by atoms with E-state index in [-0.39, 0.29) is 6.03 Å². The molecule has 0 unspecified atom stereocenters. The minimum absolute atomic E-state index is 0.259. The molecular weight excluding hydrogens is 356 g/mol. The van der Waals surface area contributed by atoms with Gasteiger partial charge in [-0.1, -0.05) is 0 Å². The van der Waals surface area contributed by atoms with Gasteiger partial charge in [-0.15, -0.1) is 0 Å². The highest BCUT2D eigenvalue weighted by Gasteiger charge is 2.22. The van der Waals surface area contributed by atoms with Gasteiger partial charge in [0.2, 0.25) is 0 Å². The molecule has 0 radical (unpaired) electrons. The van der Waals surface area contributed by atoms with E-state index >= 15 is 0 Å². The Hall–Kier alpha value is -3.16. The number of methoxy groups -OCH3 is 1. The van der Waals surface area contributed by atoms with Gasteiger partial charge in [0.25, 0.3) is 0 Å². The fourth-order valence-electron chi connectivity index (χ4n) is 2.86. The maximum Gasteiger partial charge on any atom is 0.337 e. The van der Waals surface area contributed by atoms with Gasteiger partial charge in [-0.3, -0.25) is 0 Å². The molecule has 1 aliphatic heterocycles. The van der Waals surface area contributed by atoms with Crippen molar-refractivity contribution in [2.45, 2.75) is 0 Å². The van der Waals surface area contributed by atoms with Crippen LogP contribution in [0, 0.1) is 11.6 Å². The van der Waals surface area contributed by atoms with E-state index in [9.17, 15) is 18.4 Å². The summed E-state index contributed by atoms with van der Waals surface area (Å²) in [7, 11) is 1.30. The first-order valence-electron chi connectivity index (χ1n) is 8.42. The van der Waals surface area contributed by atoms with Crippen LogP contribution in [0.15, 0.2) is 42.5 Å². The van der Waals surface area contributed by atoms with Gasteiger partial charge in [-0.05, 0) is 36.4 Å². The molecule has 8 heteroatoms. The summed E-state index contributed by atoms with van der Waals surface area (Å²) in [6, 6.07) is 9.92. The molecule has 142 valence electrons. The predicted molar refractivity (Wildman–Crippen MR) is 96.9 cm³/mol. The first-order chi connectivity index (χ1) is 13.0. The summed E-state index contributed by atoms with van der Waals surface area (Å²) in [6.07, 6.45) is 0. The summed E-state index contributed by atoms with van der Waals surface area (Å²) >= 11 is 0. The van der Waals surface area contributed by atoms with Crippen molar-refractivity contribution in [1.29, 1.82) is 0 Å². The summed E-state index contributed by atoms with van der Waals surface area (Å²) in [4.78, 5) is 27.3. The van der Waals surface area contributed by atoms with Crippen LogP contribution in [-0.2, 0) is 4.74 Å². The van der Waals surface area contributed by atoms with Crippen molar-refractivity contribution in [2.24, 2.45) is 0 Å². The van der Waals surface area contributed by atoms with Gasteiger partial charge in [0.1, 0.15) is 0 Å². The molecular formula is C19H19F2N3O3. The fourth-order valence-corrected chi connectivity index (χ4v) is 2.86. The normalized spacial score (nSPS) is 14.0. The fraction of sp³-hybridized carbons (Fsp3) is 0.263. The summed E-state index contributed by atoms with van der Waals surface area (Å²) in [5.74, 6) is -2.21. The summed E-state index contributed by atoms with van der Waals surface area (Å²) < 4.78 is 31.1. The van der Waals surface area contributed by atoms with Gasteiger partial charge in [-0.25, -0.2) is 18.4 Å². The summed E-state index contributed by atoms with van der Waals surface area (Å²) in [5.41, 5.74) is 1.55. The zero-order valence-electron chi connectivity index (χ0n) is 14.7. The lowest BCUT2D eigenvalue weighted by atomic mass is 10.2. The minimum atomic E-state index is -0.886. The Morgan fingerprint density at radius 1 is 0.963 bits per heavy atom. The first-order valence-corrected chi connectivity index (χ1v) is 8.42. The van der Waals surface area contributed by atoms with Crippen LogP contribution in [0.1, 0.15) is 10.4 Å². The number of amides is 2. The number of carbonyl (C=O) groups excluding carboxylic acids is 2. The zero-order valence-corrected chi connectivity index (χ0v) is 14.7. The SMILES string of the molecule is COC(=O)c1ccc(NC(=O)N2CCN(c3ccc(F)c(F)c3)CC2)cc1. The van der Waals surface area contributed by atoms with Crippen LogP contribution in [0.2, 0.25) is 0 Å². The number of benzene rings is 2. The maximum absolute atomic E-state index is 13.4. The Morgan fingerprint density at radius 3 is 2.22 bits per heavy atom. The second kappa shape index (κ2) is 8.03. The number of nitrogens with one attached hydrogen (secondary N) is 1. The average molecular weight is 375 g/mol. The third-order valence-electron chi connectivity index (χ3n) is 4.39. The predicted octanol–water partition coefficient (Wildman–Crippen LogP) is 3.11. The average Bonchev–Trinajstić information content (AvgIpc) is 2.70. The van der Waals surface area contributed by atoms with E-state index < -0.39 is 17.6 Å². The molecule has 2 aromatic carbocycles. The lowest BCUT2D eigenvalue weighted by Gasteiger charge is -2.36. The van der Waals surface area contributed by atoms with Crippen molar-refractivity contribution >= 4 is 23.4 Å². The van der Waals surface area contributed by atoms with Crippen LogP contribution < -0.4 is 10.2 Å². The molecule has 1 saturated heterocycles. The number of hydrogen-bond donors (Lipinski definition) is 1. The Kier molecular flexibility index (Phi) is 5.54. The highest BCUT2D eigenvalue weighted by Crippen LogP contribution is 2.20. The van der Waals surface area contributed by atoms with E-state index in [2.05, 4.69) is 10.1 Å². The van der Waals surface area contributed by atoms with Crippen LogP contribution in [-0.4, -0.2) is 50.2 Å². The number of hydrogen-bond acceptors (Lipinski definition) is 4. The molecule has 27 heavy (non-hydrogen) atoms. The molecule has 1 aliphatic rings. The Labute approximate surface area is 155 Å². The maximum atomic E-state index is 13.4. The molecule has 0 bridgehead atoms. The Morgan fingerprint density at radius 2 is 1.63 bits per heavy atom. The standard InChI is InChI=1S/C19H19F2N3O3/c1-27-18(25)13-2-4-14(5-3-13)22-19(26)24-10-8-23(9-11-24)15-6-7-16(20)17(21)12-15/h2-7,12H,8-11H2,1H3,(H,22,26). The Bertz CT molecular complexity index is 835. The van der Waals surface area contributed by atoms with Gasteiger partial charge in [-0.2, -0.15) is 0 Å². The van der Waals surface area contributed by atoms with Gasteiger partial charge < -0.3 is 19.9 Å². The minimum Gasteiger partial charge on any atom is -0.465 e. The van der Waals surface area contributed by atoms with Crippen molar-refractivity contribution in [1.82, 2.24) is 4.90 Å². The topological polar surface area (TPSA) is 61.9 Å². The molecule has 0 atom stereocenters. The van der Waals surface area contributed by atoms with Crippen molar-refractivity contribution in [2.75, 3.05) is 43.5 Å². The second-order valence-corrected chi connectivity index (χ2v) is 6.07. The number of carbonyl (C=O) groups is 2. The first kappa shape index (κ1) is 18.6. The molecule has 0 saturated carbocycles. The van der Waals surface area contributed by atoms with Crippen molar-refractivity contribution < 1.29 is 23.1 Å². The van der Waals surface area contributed by atoms with E-state index in [4.69, 9.17) is 0 Å². The van der Waals surface area contributed by atoms with Crippen LogP contribution in [0.5, 0.6) is 0 Å². The third-order valence-corrected chi connectivity index (χ3v) is 4.39. The number of rotatable bonds is 3. The quantitative estimate of drug-likeness (QED) is 0.838. The van der Waals surface area contributed by atoms with Crippen molar-refractivity contribution in [3.8, 4) is 0 Å². The third kappa shape index (κ3) is 4.33. The number of halogens is 2. The van der Waals surface area contributed by atoms with E-state index in [1.807, 2.05) is 4.90 Å². The monoisotopic (exact) mass is 375 g/mol. The van der Waals surface area contributed by atoms with E-state index in [0.29, 0.717) is 43.1 Å². The summed E-state index contributed by atoms with van der Waals surface area (Å²) in [6.45, 7) is 1.93. The lowest BCUT2D eigenvalue weighted by molar-refractivity contribution is 0.0600. The molecule has 0 aliphatic carbocycles. The van der Waals surface area contributed by atoms with Crippen LogP contribution in [0.3, 0.4) is 0 Å². The lowest BCUT2D eigenvalue weighted by Crippen LogP contribution is -2.50. The number of nitrogens with zero attached hydrogens (tertiary/aromatic N) is 2. The van der Waals surface area contributed by atoms with Crippen molar-refractivity contribution in [3.63, 3.8) is 0 Å². The number of anilines is 2. The van der Waals surface area contributed by atoms with Crippen molar-refractivity contribution in [3.05, 3.63) is 59.7 Å². The number of piperazine rings is 1. The van der Waals surface area contributed by atoms with Gasteiger partial charge in [0.05, 0.1) is 12.7 Å². The van der Waals surface area contributed by atoms with E-state index in [0.717, 1.165) is 12.1 Å². The van der Waals surface area contributed by atoms with Crippen LogP contribution in [0.25, 0.3) is 0 Å². The van der Waals surface area contributed by atoms with Crippen LogP contribution >= 0.6 is 0 Å². The largest absolute Gasteiger partial charge is 0.465 e. The van der Waals surface area contributed by atoms with Gasteiger partial charge in [0, 0.05) is 43.6 Å². The summed E-state index contributed by atoms with van der Waals surface area (Å²) in [5, 5.41) is 2.77. The molecule has 2 aromatic rings. The molecule has 3 rings (SSSR count). The Balaban J connectivity index is 1.55. The highest BCUT2D eigenvalue weighted by molar-refractivity contribution is 5.92. The number of esters is 1. The molecule has 1 N–H and O–H groups in total. The highest BCUT2D eigenvalue weighted by atomic mass is 19.2. The molecule has 6 nitrogen and oxygen atoms in total.